The van der Waals surface area contributed by atoms with Gasteiger partial charge in [-0.2, -0.15) is 13.2 Å². The lowest BCUT2D eigenvalue weighted by molar-refractivity contribution is -0.392. The Morgan fingerprint density at radius 1 is 1.12 bits per heavy atom. The van der Waals surface area contributed by atoms with Crippen LogP contribution in [0.5, 0.6) is 0 Å². The van der Waals surface area contributed by atoms with Gasteiger partial charge in [-0.15, -0.1) is 0 Å². The quantitative estimate of drug-likeness (QED) is 0.590. The summed E-state index contributed by atoms with van der Waals surface area (Å²) >= 11 is 0. The summed E-state index contributed by atoms with van der Waals surface area (Å²) in [6, 6.07) is -0.744. The number of nitro groups is 2. The van der Waals surface area contributed by atoms with Crippen LogP contribution in [0.25, 0.3) is 0 Å². The van der Waals surface area contributed by atoms with Gasteiger partial charge in [0.05, 0.1) is 15.4 Å². The highest BCUT2D eigenvalue weighted by Crippen LogP contribution is 2.41. The molecule has 25 heavy (non-hydrogen) atoms. The van der Waals surface area contributed by atoms with Crippen LogP contribution in [0.2, 0.25) is 0 Å². The molecule has 0 spiro atoms. The van der Waals surface area contributed by atoms with E-state index in [1.165, 1.54) is 7.05 Å². The van der Waals surface area contributed by atoms with Crippen molar-refractivity contribution >= 4 is 23.0 Å². The van der Waals surface area contributed by atoms with Crippen LogP contribution in [0.3, 0.4) is 0 Å². The Morgan fingerprint density at radius 2 is 1.56 bits per heavy atom. The molecule has 0 aromatic heterocycles. The second-order valence-corrected chi connectivity index (χ2v) is 5.38. The minimum absolute atomic E-state index is 0.191. The lowest BCUT2D eigenvalue weighted by atomic mass is 10.0. The summed E-state index contributed by atoms with van der Waals surface area (Å²) in [5.74, 6) is -1.08. The molecule has 0 fully saturated rings. The molecule has 0 radical (unpaired) electrons. The predicted octanol–water partition coefficient (Wildman–Crippen LogP) is 2.70. The van der Waals surface area contributed by atoms with Crippen molar-refractivity contribution in [1.82, 2.24) is 5.32 Å². The van der Waals surface area contributed by atoms with E-state index in [4.69, 9.17) is 0 Å². The van der Waals surface area contributed by atoms with Crippen molar-refractivity contribution in [3.8, 4) is 0 Å². The average Bonchev–Trinajstić information content (AvgIpc) is 2.49. The smallest absolute Gasteiger partial charge is 0.362 e. The molecule has 1 aromatic rings. The van der Waals surface area contributed by atoms with Crippen LogP contribution >= 0.6 is 0 Å². The maximum absolute atomic E-state index is 12.9. The number of carbonyl (C=O) groups is 1. The van der Waals surface area contributed by atoms with Gasteiger partial charge in [0.15, 0.2) is 5.69 Å². The molecular formula is C13H15F3N4O5. The fraction of sp³-hybridized carbons (Fsp3) is 0.462. The third kappa shape index (κ3) is 4.55. The molecule has 2 N–H and O–H groups in total. The molecule has 1 atom stereocenters. The van der Waals surface area contributed by atoms with E-state index in [0.29, 0.717) is 0 Å². The zero-order valence-electron chi connectivity index (χ0n) is 13.4. The van der Waals surface area contributed by atoms with Crippen LogP contribution in [0.4, 0.5) is 30.2 Å². The van der Waals surface area contributed by atoms with Gasteiger partial charge < -0.3 is 10.6 Å². The van der Waals surface area contributed by atoms with Crippen molar-refractivity contribution < 1.29 is 27.8 Å². The lowest BCUT2D eigenvalue weighted by Crippen LogP contribution is -2.41. The molecule has 138 valence electrons. The molecule has 1 unspecified atom stereocenters. The van der Waals surface area contributed by atoms with Crippen LogP contribution in [0.1, 0.15) is 19.4 Å². The van der Waals surface area contributed by atoms with E-state index in [1.54, 1.807) is 13.8 Å². The number of amides is 1. The summed E-state index contributed by atoms with van der Waals surface area (Å²) in [5, 5.41) is 26.9. The number of hydrogen-bond acceptors (Lipinski definition) is 6. The van der Waals surface area contributed by atoms with Gasteiger partial charge in [0.1, 0.15) is 6.04 Å². The number of rotatable bonds is 6. The number of nitrogens with one attached hydrogen (secondary N) is 2. The van der Waals surface area contributed by atoms with Gasteiger partial charge in [-0.05, 0) is 5.92 Å². The molecule has 0 heterocycles. The van der Waals surface area contributed by atoms with Gasteiger partial charge in [0.25, 0.3) is 11.4 Å². The highest BCUT2D eigenvalue weighted by molar-refractivity contribution is 5.87. The lowest BCUT2D eigenvalue weighted by Gasteiger charge is -2.22. The summed E-state index contributed by atoms with van der Waals surface area (Å²) in [7, 11) is 1.29. The van der Waals surface area contributed by atoms with Gasteiger partial charge >= 0.3 is 6.18 Å². The first kappa shape index (κ1) is 20.1. The third-order valence-corrected chi connectivity index (χ3v) is 3.31. The largest absolute Gasteiger partial charge is 0.416 e. The van der Waals surface area contributed by atoms with E-state index in [-0.39, 0.29) is 12.1 Å². The summed E-state index contributed by atoms with van der Waals surface area (Å²) in [5.41, 5.74) is -4.57. The number of carbonyl (C=O) groups excluding carboxylic acids is 1. The number of anilines is 1. The second kappa shape index (κ2) is 7.32. The molecule has 0 aliphatic carbocycles. The van der Waals surface area contributed by atoms with Crippen molar-refractivity contribution in [3.63, 3.8) is 0 Å². The number of likely N-dealkylation sites (N-methyl/N-ethyl adjacent to an activating group) is 1. The Morgan fingerprint density at radius 3 is 1.84 bits per heavy atom. The first-order chi connectivity index (χ1) is 11.4. The maximum Gasteiger partial charge on any atom is 0.416 e. The van der Waals surface area contributed by atoms with Crippen molar-refractivity contribution in [1.29, 1.82) is 0 Å². The van der Waals surface area contributed by atoms with Gasteiger partial charge in [-0.25, -0.2) is 0 Å². The van der Waals surface area contributed by atoms with Crippen LogP contribution in [0.15, 0.2) is 12.1 Å². The van der Waals surface area contributed by atoms with Crippen LogP contribution in [-0.4, -0.2) is 28.8 Å². The van der Waals surface area contributed by atoms with E-state index < -0.39 is 56.5 Å². The monoisotopic (exact) mass is 364 g/mol. The van der Waals surface area contributed by atoms with Gasteiger partial charge in [0.2, 0.25) is 5.91 Å². The number of benzene rings is 1. The number of hydrogen-bond donors (Lipinski definition) is 2. The molecule has 0 bridgehead atoms. The number of nitro benzene ring substituents is 2. The summed E-state index contributed by atoms with van der Waals surface area (Å²) in [4.78, 5) is 31.8. The Labute approximate surface area is 139 Å². The van der Waals surface area contributed by atoms with Crippen molar-refractivity contribution in [2.75, 3.05) is 12.4 Å². The SMILES string of the molecule is CNC(=O)C(Nc1c([N+](=O)[O-])cc(C(F)(F)F)cc1[N+](=O)[O-])C(C)C. The molecule has 12 heteroatoms. The zero-order valence-corrected chi connectivity index (χ0v) is 13.4. The standard InChI is InChI=1S/C13H15F3N4O5/c1-6(2)10(12(21)17-3)18-11-8(19(22)23)4-7(13(14,15)16)5-9(11)20(24)25/h4-6,10,18H,1-3H3,(H,17,21). The summed E-state index contributed by atoms with van der Waals surface area (Å²) in [6.07, 6.45) is -5.01. The molecule has 1 aromatic carbocycles. The first-order valence-electron chi connectivity index (χ1n) is 6.92. The van der Waals surface area contributed by atoms with Gasteiger partial charge in [0, 0.05) is 19.2 Å². The fourth-order valence-corrected chi connectivity index (χ4v) is 2.06. The Hall–Kier alpha value is -2.92. The Bertz CT molecular complexity index is 670. The maximum atomic E-state index is 12.9. The van der Waals surface area contributed by atoms with E-state index in [9.17, 15) is 38.2 Å². The molecular weight excluding hydrogens is 349 g/mol. The topological polar surface area (TPSA) is 127 Å². The van der Waals surface area contributed by atoms with E-state index in [0.717, 1.165) is 0 Å². The normalized spacial score (nSPS) is 12.6. The number of halogens is 3. The molecule has 1 rings (SSSR count). The molecule has 1 amide bonds. The molecule has 0 aliphatic rings. The highest BCUT2D eigenvalue weighted by Gasteiger charge is 2.38. The minimum Gasteiger partial charge on any atom is -0.362 e. The van der Waals surface area contributed by atoms with Crippen LogP contribution < -0.4 is 10.6 Å². The number of alkyl halides is 3. The Kier molecular flexibility index (Phi) is 5.89. The van der Waals surface area contributed by atoms with Crippen molar-refractivity contribution in [2.24, 2.45) is 5.92 Å². The Balaban J connectivity index is 3.64. The molecule has 0 aliphatic heterocycles. The van der Waals surface area contributed by atoms with Crippen molar-refractivity contribution in [2.45, 2.75) is 26.1 Å². The van der Waals surface area contributed by atoms with E-state index in [2.05, 4.69) is 10.6 Å². The molecule has 9 nitrogen and oxygen atoms in total. The fourth-order valence-electron chi connectivity index (χ4n) is 2.06. The summed E-state index contributed by atoms with van der Waals surface area (Å²) in [6.45, 7) is 3.13. The third-order valence-electron chi connectivity index (χ3n) is 3.31. The van der Waals surface area contributed by atoms with Crippen LogP contribution in [-0.2, 0) is 11.0 Å². The van der Waals surface area contributed by atoms with Crippen LogP contribution in [0, 0.1) is 26.1 Å². The molecule has 0 saturated carbocycles. The summed E-state index contributed by atoms with van der Waals surface area (Å²) < 4.78 is 38.6. The van der Waals surface area contributed by atoms with Crippen molar-refractivity contribution in [3.05, 3.63) is 37.9 Å². The first-order valence-corrected chi connectivity index (χ1v) is 6.92. The average molecular weight is 364 g/mol. The molecule has 0 saturated heterocycles. The van der Waals surface area contributed by atoms with Gasteiger partial charge in [-0.1, -0.05) is 13.8 Å². The second-order valence-electron chi connectivity index (χ2n) is 5.38. The number of nitrogens with zero attached hydrogens (tertiary/aromatic N) is 2. The van der Waals surface area contributed by atoms with E-state index in [1.807, 2.05) is 0 Å². The predicted molar refractivity (Wildman–Crippen MR) is 81.1 cm³/mol. The highest BCUT2D eigenvalue weighted by atomic mass is 19.4. The zero-order chi connectivity index (χ0) is 19.5. The minimum atomic E-state index is -5.01. The van der Waals surface area contributed by atoms with E-state index >= 15 is 0 Å². The van der Waals surface area contributed by atoms with Gasteiger partial charge in [-0.3, -0.25) is 25.0 Å².